The largest absolute Gasteiger partial charge is 0.508 e. The first-order valence-corrected chi connectivity index (χ1v) is 14.5. The van der Waals surface area contributed by atoms with Crippen LogP contribution in [-0.2, 0) is 6.54 Å². The van der Waals surface area contributed by atoms with Crippen LogP contribution in [0.5, 0.6) is 5.75 Å². The van der Waals surface area contributed by atoms with E-state index >= 15 is 0 Å². The second-order valence-electron chi connectivity index (χ2n) is 10.5. The molecule has 5 heterocycles. The van der Waals surface area contributed by atoms with Crippen LogP contribution in [0.1, 0.15) is 36.4 Å². The minimum atomic E-state index is -0.624. The van der Waals surface area contributed by atoms with Crippen molar-refractivity contribution >= 4 is 39.0 Å². The third-order valence-electron chi connectivity index (χ3n) is 7.77. The molecule has 4 aromatic heterocycles. The van der Waals surface area contributed by atoms with E-state index in [1.165, 1.54) is 36.2 Å². The SMILES string of the molecule is CC(c1oc(=O)c2ccccc2c1-c1ccc(CN2CCCC2)s1)n1nc(-c2cc(O)cc(F)c2)c2c(N)ncnc21. The van der Waals surface area contributed by atoms with Gasteiger partial charge in [0, 0.05) is 38.9 Å². The van der Waals surface area contributed by atoms with Gasteiger partial charge in [-0.05, 0) is 63.2 Å². The molecular weight excluding hydrogens is 555 g/mol. The molecule has 1 saturated heterocycles. The van der Waals surface area contributed by atoms with E-state index in [2.05, 4.69) is 27.0 Å². The molecule has 7 rings (SSSR count). The van der Waals surface area contributed by atoms with E-state index < -0.39 is 17.5 Å². The summed E-state index contributed by atoms with van der Waals surface area (Å²) in [6.45, 7) is 4.95. The van der Waals surface area contributed by atoms with Crippen molar-refractivity contribution in [2.24, 2.45) is 0 Å². The van der Waals surface area contributed by atoms with E-state index in [1.807, 2.05) is 25.1 Å². The lowest BCUT2D eigenvalue weighted by molar-refractivity contribution is 0.334. The highest BCUT2D eigenvalue weighted by Gasteiger charge is 2.27. The van der Waals surface area contributed by atoms with E-state index in [1.54, 1.807) is 22.1 Å². The fourth-order valence-corrected chi connectivity index (χ4v) is 6.93. The number of nitrogens with two attached hydrogens (primary N) is 1. The summed E-state index contributed by atoms with van der Waals surface area (Å²) in [6.07, 6.45) is 3.77. The summed E-state index contributed by atoms with van der Waals surface area (Å²) >= 11 is 1.68. The molecule has 0 radical (unpaired) electrons. The van der Waals surface area contributed by atoms with Gasteiger partial charge in [-0.15, -0.1) is 11.3 Å². The Morgan fingerprint density at radius 3 is 2.67 bits per heavy atom. The normalized spacial score (nSPS) is 14.7. The van der Waals surface area contributed by atoms with Gasteiger partial charge in [0.2, 0.25) is 0 Å². The Morgan fingerprint density at radius 1 is 1.10 bits per heavy atom. The van der Waals surface area contributed by atoms with Gasteiger partial charge in [-0.1, -0.05) is 18.2 Å². The summed E-state index contributed by atoms with van der Waals surface area (Å²) in [5.41, 5.74) is 7.64. The number of nitrogen functional groups attached to an aromatic ring is 1. The van der Waals surface area contributed by atoms with Crippen molar-refractivity contribution in [3.63, 3.8) is 0 Å². The van der Waals surface area contributed by atoms with Crippen LogP contribution in [0.4, 0.5) is 10.2 Å². The summed E-state index contributed by atoms with van der Waals surface area (Å²) in [5.74, 6) is -0.298. The Labute approximate surface area is 243 Å². The lowest BCUT2D eigenvalue weighted by Gasteiger charge is -2.17. The van der Waals surface area contributed by atoms with E-state index in [-0.39, 0.29) is 11.6 Å². The first-order valence-electron chi connectivity index (χ1n) is 13.7. The van der Waals surface area contributed by atoms with Gasteiger partial charge in [0.25, 0.3) is 0 Å². The number of hydrogen-bond donors (Lipinski definition) is 2. The van der Waals surface area contributed by atoms with Crippen molar-refractivity contribution < 1.29 is 13.9 Å². The first-order chi connectivity index (χ1) is 20.4. The van der Waals surface area contributed by atoms with Gasteiger partial charge in [0.15, 0.2) is 5.65 Å². The smallest absolute Gasteiger partial charge is 0.343 e. The molecule has 1 fully saturated rings. The number of thiophene rings is 1. The van der Waals surface area contributed by atoms with Gasteiger partial charge in [0.1, 0.15) is 41.2 Å². The van der Waals surface area contributed by atoms with Crippen molar-refractivity contribution in [1.82, 2.24) is 24.6 Å². The monoisotopic (exact) mass is 582 g/mol. The Kier molecular flexibility index (Phi) is 6.47. The average molecular weight is 583 g/mol. The molecule has 9 nitrogen and oxygen atoms in total. The zero-order valence-electron chi connectivity index (χ0n) is 22.7. The van der Waals surface area contributed by atoms with Gasteiger partial charge in [-0.25, -0.2) is 23.8 Å². The minimum Gasteiger partial charge on any atom is -0.508 e. The number of benzene rings is 2. The zero-order chi connectivity index (χ0) is 29.0. The molecule has 0 amide bonds. The second kappa shape index (κ2) is 10.3. The van der Waals surface area contributed by atoms with Gasteiger partial charge < -0.3 is 15.3 Å². The average Bonchev–Trinajstić information content (AvgIpc) is 3.73. The molecule has 0 saturated carbocycles. The lowest BCUT2D eigenvalue weighted by Crippen LogP contribution is -2.17. The number of fused-ring (bicyclic) bond motifs is 2. The summed E-state index contributed by atoms with van der Waals surface area (Å²) in [4.78, 5) is 26.5. The number of anilines is 1. The molecule has 212 valence electrons. The predicted molar refractivity (Wildman–Crippen MR) is 161 cm³/mol. The van der Waals surface area contributed by atoms with Crippen LogP contribution in [0.25, 0.3) is 43.5 Å². The lowest BCUT2D eigenvalue weighted by atomic mass is 10.0. The fourth-order valence-electron chi connectivity index (χ4n) is 5.81. The van der Waals surface area contributed by atoms with E-state index in [0.717, 1.165) is 41.5 Å². The topological polar surface area (TPSA) is 123 Å². The van der Waals surface area contributed by atoms with Crippen molar-refractivity contribution in [1.29, 1.82) is 0 Å². The molecule has 6 aromatic rings. The molecule has 0 bridgehead atoms. The number of likely N-dealkylation sites (tertiary alicyclic amines) is 1. The molecule has 11 heteroatoms. The molecule has 1 unspecified atom stereocenters. The number of halogens is 1. The van der Waals surface area contributed by atoms with Crippen LogP contribution < -0.4 is 11.4 Å². The maximum Gasteiger partial charge on any atom is 0.343 e. The maximum atomic E-state index is 14.3. The van der Waals surface area contributed by atoms with Crippen molar-refractivity contribution in [2.75, 3.05) is 18.8 Å². The van der Waals surface area contributed by atoms with Crippen LogP contribution in [0.15, 0.2) is 70.1 Å². The predicted octanol–water partition coefficient (Wildman–Crippen LogP) is 5.96. The minimum absolute atomic E-state index is 0.155. The highest BCUT2D eigenvalue weighted by molar-refractivity contribution is 7.15. The number of phenolic OH excluding ortho intramolecular Hbond substituents is 1. The van der Waals surface area contributed by atoms with Gasteiger partial charge in [-0.3, -0.25) is 4.90 Å². The molecule has 1 aliphatic rings. The van der Waals surface area contributed by atoms with Crippen LogP contribution in [0.2, 0.25) is 0 Å². The third-order valence-corrected chi connectivity index (χ3v) is 8.86. The van der Waals surface area contributed by atoms with Gasteiger partial charge in [0.05, 0.1) is 10.8 Å². The highest BCUT2D eigenvalue weighted by Crippen LogP contribution is 2.41. The molecule has 2 aromatic carbocycles. The van der Waals surface area contributed by atoms with Gasteiger partial charge in [-0.2, -0.15) is 5.10 Å². The summed E-state index contributed by atoms with van der Waals surface area (Å²) in [6, 6.07) is 14.7. The first kappa shape index (κ1) is 26.3. The highest BCUT2D eigenvalue weighted by atomic mass is 32.1. The quantitative estimate of drug-likeness (QED) is 0.247. The van der Waals surface area contributed by atoms with Gasteiger partial charge >= 0.3 is 5.63 Å². The summed E-state index contributed by atoms with van der Waals surface area (Å²) in [7, 11) is 0. The number of nitrogens with zero attached hydrogens (tertiary/aromatic N) is 5. The Balaban J connectivity index is 1.42. The Hall–Kier alpha value is -4.61. The number of aromatic nitrogens is 4. The van der Waals surface area contributed by atoms with E-state index in [9.17, 15) is 14.3 Å². The van der Waals surface area contributed by atoms with Crippen LogP contribution in [-0.4, -0.2) is 42.8 Å². The molecule has 0 aliphatic carbocycles. The number of phenols is 1. The molecule has 42 heavy (non-hydrogen) atoms. The van der Waals surface area contributed by atoms with Crippen molar-refractivity contribution in [3.8, 4) is 27.4 Å². The van der Waals surface area contributed by atoms with Crippen LogP contribution in [0, 0.1) is 5.82 Å². The molecule has 3 N–H and O–H groups in total. The van der Waals surface area contributed by atoms with E-state index in [0.29, 0.717) is 33.4 Å². The standard InChI is InChI=1S/C31H27FN6O3S/c1-17(38-30-26(29(33)34-16-35-30)27(36-38)18-12-19(32)14-20(39)13-18)28-25(22-6-2-3-7-23(22)31(40)41-28)24-9-8-21(42-24)15-37-10-4-5-11-37/h2-3,6-9,12-14,16-17,39H,4-5,10-11,15H2,1H3,(H2,33,34,35). The summed E-state index contributed by atoms with van der Waals surface area (Å²) in [5, 5.41) is 16.6. The number of aromatic hydroxyl groups is 1. The van der Waals surface area contributed by atoms with E-state index in [4.69, 9.17) is 15.2 Å². The number of rotatable bonds is 6. The molecular formula is C31H27FN6O3S. The number of hydrogen-bond acceptors (Lipinski definition) is 9. The second-order valence-corrected chi connectivity index (χ2v) is 11.7. The summed E-state index contributed by atoms with van der Waals surface area (Å²) < 4.78 is 22.0. The molecule has 1 aliphatic heterocycles. The van der Waals surface area contributed by atoms with Crippen LogP contribution in [0.3, 0.4) is 0 Å². The molecule has 0 spiro atoms. The Morgan fingerprint density at radius 2 is 1.88 bits per heavy atom. The molecule has 1 atom stereocenters. The Bertz CT molecular complexity index is 2010. The third kappa shape index (κ3) is 4.50. The van der Waals surface area contributed by atoms with Crippen molar-refractivity contribution in [3.05, 3.63) is 87.8 Å². The van der Waals surface area contributed by atoms with Crippen LogP contribution >= 0.6 is 11.3 Å². The fraction of sp³-hybridized carbons (Fsp3) is 0.226. The zero-order valence-corrected chi connectivity index (χ0v) is 23.6. The maximum absolute atomic E-state index is 14.3. The van der Waals surface area contributed by atoms with Crippen molar-refractivity contribution in [2.45, 2.75) is 32.4 Å².